The van der Waals surface area contributed by atoms with Gasteiger partial charge < -0.3 is 15.3 Å². The molecule has 1 aromatic carbocycles. The van der Waals surface area contributed by atoms with Gasteiger partial charge in [0.2, 0.25) is 0 Å². The minimum atomic E-state index is -1.06. The first kappa shape index (κ1) is 13.6. The standard InChI is InChI=1S/C12H12ClFN2O3/c13-7-3-1-4-8(10(7)14)15-12(19)16-6-2-5-9(16)11(17)18/h1,3-4,9H,2,5-6H2,(H,15,19)(H,17,18)/t9-/m0/s1. The Morgan fingerprint density at radius 2 is 2.21 bits per heavy atom. The molecule has 0 aliphatic carbocycles. The molecule has 0 radical (unpaired) electrons. The van der Waals surface area contributed by atoms with E-state index < -0.39 is 23.9 Å². The second kappa shape index (κ2) is 5.44. The molecule has 2 amide bonds. The van der Waals surface area contributed by atoms with Gasteiger partial charge in [0.25, 0.3) is 0 Å². The fourth-order valence-electron chi connectivity index (χ4n) is 2.05. The number of carboxylic acid groups (broad SMARTS) is 1. The van der Waals surface area contributed by atoms with E-state index in [0.717, 1.165) is 0 Å². The second-order valence-corrected chi connectivity index (χ2v) is 4.63. The van der Waals surface area contributed by atoms with Crippen LogP contribution in [0.5, 0.6) is 0 Å². The number of urea groups is 1. The van der Waals surface area contributed by atoms with Crippen LogP contribution in [-0.2, 0) is 4.79 Å². The average molecular weight is 287 g/mol. The number of rotatable bonds is 2. The SMILES string of the molecule is O=C(O)[C@@H]1CCCN1C(=O)Nc1cccc(Cl)c1F. The lowest BCUT2D eigenvalue weighted by Crippen LogP contribution is -2.42. The number of amides is 2. The minimum absolute atomic E-state index is 0.0615. The summed E-state index contributed by atoms with van der Waals surface area (Å²) < 4.78 is 13.6. The number of benzene rings is 1. The smallest absolute Gasteiger partial charge is 0.326 e. The van der Waals surface area contributed by atoms with Crippen LogP contribution in [0, 0.1) is 5.82 Å². The van der Waals surface area contributed by atoms with Gasteiger partial charge in [-0.15, -0.1) is 0 Å². The molecule has 1 aliphatic heterocycles. The largest absolute Gasteiger partial charge is 0.480 e. The van der Waals surface area contributed by atoms with Crippen molar-refractivity contribution >= 4 is 29.3 Å². The summed E-state index contributed by atoms with van der Waals surface area (Å²) in [6.07, 6.45) is 1.02. The number of carbonyl (C=O) groups is 2. The van der Waals surface area contributed by atoms with Crippen LogP contribution in [0.1, 0.15) is 12.8 Å². The molecule has 102 valence electrons. The van der Waals surface area contributed by atoms with Crippen LogP contribution >= 0.6 is 11.6 Å². The molecule has 19 heavy (non-hydrogen) atoms. The average Bonchev–Trinajstić information content (AvgIpc) is 2.84. The van der Waals surface area contributed by atoms with Gasteiger partial charge in [-0.1, -0.05) is 17.7 Å². The van der Waals surface area contributed by atoms with Crippen LogP contribution in [0.2, 0.25) is 5.02 Å². The molecule has 1 fully saturated rings. The predicted octanol–water partition coefficient (Wildman–Crippen LogP) is 2.56. The number of nitrogens with zero attached hydrogens (tertiary/aromatic N) is 1. The zero-order valence-electron chi connectivity index (χ0n) is 9.90. The Balaban J connectivity index is 2.13. The summed E-state index contributed by atoms with van der Waals surface area (Å²) >= 11 is 5.60. The Hall–Kier alpha value is -1.82. The molecule has 1 aromatic rings. The van der Waals surface area contributed by atoms with E-state index in [9.17, 15) is 14.0 Å². The van der Waals surface area contributed by atoms with E-state index in [0.29, 0.717) is 19.4 Å². The monoisotopic (exact) mass is 286 g/mol. The zero-order chi connectivity index (χ0) is 14.0. The first-order valence-corrected chi connectivity index (χ1v) is 6.13. The van der Waals surface area contributed by atoms with Gasteiger partial charge in [-0.2, -0.15) is 0 Å². The van der Waals surface area contributed by atoms with Crippen molar-refractivity contribution in [3.63, 3.8) is 0 Å². The summed E-state index contributed by atoms with van der Waals surface area (Å²) in [4.78, 5) is 24.1. The Morgan fingerprint density at radius 1 is 1.47 bits per heavy atom. The molecule has 7 heteroatoms. The molecule has 1 saturated heterocycles. The number of hydrogen-bond acceptors (Lipinski definition) is 2. The van der Waals surface area contributed by atoms with Gasteiger partial charge in [-0.25, -0.2) is 14.0 Å². The Bertz CT molecular complexity index is 524. The molecule has 1 heterocycles. The fraction of sp³-hybridized carbons (Fsp3) is 0.333. The quantitative estimate of drug-likeness (QED) is 0.878. The Labute approximate surface area is 114 Å². The highest BCUT2D eigenvalue weighted by Gasteiger charge is 2.34. The highest BCUT2D eigenvalue weighted by molar-refractivity contribution is 6.31. The minimum Gasteiger partial charge on any atom is -0.480 e. The summed E-state index contributed by atoms with van der Waals surface area (Å²) in [7, 11) is 0. The third-order valence-corrected chi connectivity index (χ3v) is 3.28. The maximum absolute atomic E-state index is 13.6. The summed E-state index contributed by atoms with van der Waals surface area (Å²) in [5.41, 5.74) is -0.0615. The molecular weight excluding hydrogens is 275 g/mol. The fourth-order valence-corrected chi connectivity index (χ4v) is 2.23. The molecule has 0 saturated carbocycles. The van der Waals surface area contributed by atoms with Gasteiger partial charge in [0.15, 0.2) is 5.82 Å². The number of carboxylic acids is 1. The number of carbonyl (C=O) groups excluding carboxylic acids is 1. The molecular formula is C12H12ClFN2O3. The molecule has 0 spiro atoms. The predicted molar refractivity (Wildman–Crippen MR) is 67.8 cm³/mol. The topological polar surface area (TPSA) is 69.6 Å². The molecule has 2 N–H and O–H groups in total. The third-order valence-electron chi connectivity index (χ3n) is 2.99. The molecule has 1 aliphatic rings. The van der Waals surface area contributed by atoms with Crippen LogP contribution in [0.3, 0.4) is 0 Å². The van der Waals surface area contributed by atoms with Crippen molar-refractivity contribution in [2.75, 3.05) is 11.9 Å². The molecule has 5 nitrogen and oxygen atoms in total. The van der Waals surface area contributed by atoms with Gasteiger partial charge in [-0.05, 0) is 25.0 Å². The van der Waals surface area contributed by atoms with E-state index in [1.165, 1.54) is 23.1 Å². The first-order chi connectivity index (χ1) is 9.00. The first-order valence-electron chi connectivity index (χ1n) is 5.75. The van der Waals surface area contributed by atoms with E-state index in [4.69, 9.17) is 16.7 Å². The van der Waals surface area contributed by atoms with Crippen LogP contribution in [-0.4, -0.2) is 34.6 Å². The van der Waals surface area contributed by atoms with Gasteiger partial charge in [-0.3, -0.25) is 0 Å². The zero-order valence-corrected chi connectivity index (χ0v) is 10.7. The summed E-state index contributed by atoms with van der Waals surface area (Å²) in [6.45, 7) is 0.338. The van der Waals surface area contributed by atoms with Gasteiger partial charge >= 0.3 is 12.0 Å². The van der Waals surface area contributed by atoms with Crippen molar-refractivity contribution < 1.29 is 19.1 Å². The van der Waals surface area contributed by atoms with Crippen molar-refractivity contribution in [3.8, 4) is 0 Å². The lowest BCUT2D eigenvalue weighted by Gasteiger charge is -2.22. The van der Waals surface area contributed by atoms with Gasteiger partial charge in [0.05, 0.1) is 10.7 Å². The van der Waals surface area contributed by atoms with E-state index >= 15 is 0 Å². The van der Waals surface area contributed by atoms with Crippen molar-refractivity contribution in [2.24, 2.45) is 0 Å². The van der Waals surface area contributed by atoms with E-state index in [-0.39, 0.29) is 10.7 Å². The second-order valence-electron chi connectivity index (χ2n) is 4.22. The van der Waals surface area contributed by atoms with Gasteiger partial charge in [0.1, 0.15) is 6.04 Å². The van der Waals surface area contributed by atoms with Crippen molar-refractivity contribution in [1.82, 2.24) is 4.90 Å². The molecule has 0 bridgehead atoms. The lowest BCUT2D eigenvalue weighted by atomic mass is 10.2. The third kappa shape index (κ3) is 2.78. The highest BCUT2D eigenvalue weighted by atomic mass is 35.5. The van der Waals surface area contributed by atoms with E-state index in [2.05, 4.69) is 5.32 Å². The molecule has 1 atom stereocenters. The van der Waals surface area contributed by atoms with Crippen molar-refractivity contribution in [3.05, 3.63) is 29.0 Å². The Morgan fingerprint density at radius 3 is 2.89 bits per heavy atom. The van der Waals surface area contributed by atoms with Crippen LogP contribution in [0.15, 0.2) is 18.2 Å². The van der Waals surface area contributed by atoms with Crippen molar-refractivity contribution in [1.29, 1.82) is 0 Å². The van der Waals surface area contributed by atoms with Crippen LogP contribution in [0.4, 0.5) is 14.9 Å². The lowest BCUT2D eigenvalue weighted by molar-refractivity contribution is -0.141. The number of halogens is 2. The maximum atomic E-state index is 13.6. The van der Waals surface area contributed by atoms with E-state index in [1.807, 2.05) is 0 Å². The Kier molecular flexibility index (Phi) is 3.90. The van der Waals surface area contributed by atoms with Crippen LogP contribution < -0.4 is 5.32 Å². The summed E-state index contributed by atoms with van der Waals surface area (Å²) in [5.74, 6) is -1.79. The summed E-state index contributed by atoms with van der Waals surface area (Å²) in [6, 6.07) is 2.74. The normalized spacial score (nSPS) is 18.4. The number of anilines is 1. The maximum Gasteiger partial charge on any atom is 0.326 e. The van der Waals surface area contributed by atoms with Gasteiger partial charge in [0, 0.05) is 6.54 Å². The van der Waals surface area contributed by atoms with E-state index in [1.54, 1.807) is 0 Å². The van der Waals surface area contributed by atoms with Crippen LogP contribution in [0.25, 0.3) is 0 Å². The molecule has 0 aromatic heterocycles. The number of likely N-dealkylation sites (tertiary alicyclic amines) is 1. The molecule has 2 rings (SSSR count). The highest BCUT2D eigenvalue weighted by Crippen LogP contribution is 2.24. The molecule has 0 unspecified atom stereocenters. The number of nitrogens with one attached hydrogen (secondary N) is 1. The van der Waals surface area contributed by atoms with Crippen molar-refractivity contribution in [2.45, 2.75) is 18.9 Å². The number of aliphatic carboxylic acids is 1. The number of hydrogen-bond donors (Lipinski definition) is 2. The summed E-state index contributed by atoms with van der Waals surface area (Å²) in [5, 5.41) is 11.2.